The van der Waals surface area contributed by atoms with Crippen molar-refractivity contribution in [2.24, 2.45) is 11.7 Å². The van der Waals surface area contributed by atoms with E-state index in [2.05, 4.69) is 6.92 Å². The van der Waals surface area contributed by atoms with E-state index in [0.717, 1.165) is 29.8 Å². The topological polar surface area (TPSA) is 55.6 Å². The molecule has 5 heteroatoms. The standard InChI is InChI=1S/C21H25ClN2O2/c1-15-9-18(12-23)13-24(15)21(25)11-17-3-2-4-20(10-17)26-14-16-5-7-19(22)8-6-16/h2-8,10,15,18H,9,11-14,23H2,1H3. The summed E-state index contributed by atoms with van der Waals surface area (Å²) < 4.78 is 5.85. The lowest BCUT2D eigenvalue weighted by Gasteiger charge is -2.21. The van der Waals surface area contributed by atoms with E-state index in [9.17, 15) is 4.79 Å². The predicted molar refractivity (Wildman–Crippen MR) is 104 cm³/mol. The molecule has 0 aliphatic carbocycles. The van der Waals surface area contributed by atoms with E-state index in [4.69, 9.17) is 22.1 Å². The van der Waals surface area contributed by atoms with E-state index in [-0.39, 0.29) is 11.9 Å². The molecule has 3 rings (SSSR count). The number of likely N-dealkylation sites (tertiary alicyclic amines) is 1. The van der Waals surface area contributed by atoms with Crippen molar-refractivity contribution in [3.05, 3.63) is 64.7 Å². The van der Waals surface area contributed by atoms with Crippen molar-refractivity contribution in [2.75, 3.05) is 13.1 Å². The average Bonchev–Trinajstić information content (AvgIpc) is 3.03. The molecule has 1 fully saturated rings. The number of nitrogens with zero attached hydrogens (tertiary/aromatic N) is 1. The Morgan fingerprint density at radius 1 is 1.23 bits per heavy atom. The Labute approximate surface area is 159 Å². The summed E-state index contributed by atoms with van der Waals surface area (Å²) in [6.07, 6.45) is 1.38. The van der Waals surface area contributed by atoms with E-state index >= 15 is 0 Å². The Morgan fingerprint density at radius 3 is 2.69 bits per heavy atom. The smallest absolute Gasteiger partial charge is 0.227 e. The Kier molecular flexibility index (Phi) is 6.17. The summed E-state index contributed by atoms with van der Waals surface area (Å²) in [5.41, 5.74) is 7.77. The first-order chi connectivity index (χ1) is 12.5. The van der Waals surface area contributed by atoms with Crippen LogP contribution in [0.5, 0.6) is 5.75 Å². The average molecular weight is 373 g/mol. The molecule has 0 radical (unpaired) electrons. The first-order valence-electron chi connectivity index (χ1n) is 9.01. The van der Waals surface area contributed by atoms with E-state index in [1.165, 1.54) is 0 Å². The number of benzene rings is 2. The van der Waals surface area contributed by atoms with Gasteiger partial charge in [0.05, 0.1) is 6.42 Å². The van der Waals surface area contributed by atoms with Gasteiger partial charge in [0.2, 0.25) is 5.91 Å². The fourth-order valence-corrected chi connectivity index (χ4v) is 3.56. The molecule has 1 saturated heterocycles. The summed E-state index contributed by atoms with van der Waals surface area (Å²) in [7, 11) is 0. The van der Waals surface area contributed by atoms with Crippen molar-refractivity contribution in [3.63, 3.8) is 0 Å². The van der Waals surface area contributed by atoms with Crippen LogP contribution in [0.4, 0.5) is 0 Å². The van der Waals surface area contributed by atoms with Crippen LogP contribution >= 0.6 is 11.6 Å². The fourth-order valence-electron chi connectivity index (χ4n) is 3.43. The molecule has 0 aromatic heterocycles. The van der Waals surface area contributed by atoms with Gasteiger partial charge in [0.25, 0.3) is 0 Å². The minimum absolute atomic E-state index is 0.156. The van der Waals surface area contributed by atoms with Gasteiger partial charge in [0, 0.05) is 17.6 Å². The van der Waals surface area contributed by atoms with Gasteiger partial charge in [0.15, 0.2) is 0 Å². The molecule has 1 heterocycles. The molecule has 0 saturated carbocycles. The van der Waals surface area contributed by atoms with Crippen molar-refractivity contribution in [3.8, 4) is 5.75 Å². The van der Waals surface area contributed by atoms with Crippen LogP contribution in [0.3, 0.4) is 0 Å². The Hall–Kier alpha value is -2.04. The van der Waals surface area contributed by atoms with Gasteiger partial charge < -0.3 is 15.4 Å². The molecular weight excluding hydrogens is 348 g/mol. The minimum Gasteiger partial charge on any atom is -0.489 e. The van der Waals surface area contributed by atoms with Gasteiger partial charge in [-0.3, -0.25) is 4.79 Å². The summed E-state index contributed by atoms with van der Waals surface area (Å²) in [6.45, 7) is 3.97. The molecule has 26 heavy (non-hydrogen) atoms. The molecule has 2 unspecified atom stereocenters. The summed E-state index contributed by atoms with van der Waals surface area (Å²) in [5, 5.41) is 0.710. The van der Waals surface area contributed by atoms with Crippen LogP contribution in [0.1, 0.15) is 24.5 Å². The second-order valence-corrected chi connectivity index (χ2v) is 7.41. The highest BCUT2D eigenvalue weighted by molar-refractivity contribution is 6.30. The van der Waals surface area contributed by atoms with Gasteiger partial charge in [-0.15, -0.1) is 0 Å². The lowest BCUT2D eigenvalue weighted by Crippen LogP contribution is -2.35. The van der Waals surface area contributed by atoms with Crippen molar-refractivity contribution >= 4 is 17.5 Å². The molecule has 2 aromatic carbocycles. The zero-order valence-electron chi connectivity index (χ0n) is 15.0. The lowest BCUT2D eigenvalue weighted by molar-refractivity contribution is -0.131. The summed E-state index contributed by atoms with van der Waals surface area (Å²) in [6, 6.07) is 15.6. The SMILES string of the molecule is CC1CC(CN)CN1C(=O)Cc1cccc(OCc2ccc(Cl)cc2)c1. The highest BCUT2D eigenvalue weighted by atomic mass is 35.5. The number of ether oxygens (including phenoxy) is 1. The molecule has 2 atom stereocenters. The second-order valence-electron chi connectivity index (χ2n) is 6.97. The summed E-state index contributed by atoms with van der Waals surface area (Å²) in [5.74, 6) is 1.34. The van der Waals surface area contributed by atoms with E-state index in [0.29, 0.717) is 30.5 Å². The first-order valence-corrected chi connectivity index (χ1v) is 9.38. The zero-order valence-corrected chi connectivity index (χ0v) is 15.8. The quantitative estimate of drug-likeness (QED) is 0.841. The maximum Gasteiger partial charge on any atom is 0.227 e. The van der Waals surface area contributed by atoms with Gasteiger partial charge in [0.1, 0.15) is 12.4 Å². The first kappa shape index (κ1) is 18.7. The zero-order chi connectivity index (χ0) is 18.5. The number of carbonyl (C=O) groups excluding carboxylic acids is 1. The normalized spacial score (nSPS) is 19.6. The van der Waals surface area contributed by atoms with Crippen LogP contribution in [0, 0.1) is 5.92 Å². The summed E-state index contributed by atoms with van der Waals surface area (Å²) >= 11 is 5.90. The second kappa shape index (κ2) is 8.56. The predicted octanol–water partition coefficient (Wildman–Crippen LogP) is 3.66. The maximum absolute atomic E-state index is 12.6. The lowest BCUT2D eigenvalue weighted by atomic mass is 10.1. The van der Waals surface area contributed by atoms with Crippen LogP contribution in [-0.2, 0) is 17.8 Å². The van der Waals surface area contributed by atoms with E-state index in [1.54, 1.807) is 0 Å². The fraction of sp³-hybridized carbons (Fsp3) is 0.381. The van der Waals surface area contributed by atoms with Crippen LogP contribution < -0.4 is 10.5 Å². The number of amides is 1. The number of rotatable bonds is 6. The number of halogens is 1. The molecule has 1 amide bonds. The van der Waals surface area contributed by atoms with Crippen molar-refractivity contribution in [1.29, 1.82) is 0 Å². The number of carbonyl (C=O) groups is 1. The van der Waals surface area contributed by atoms with Gasteiger partial charge >= 0.3 is 0 Å². The molecule has 138 valence electrons. The third-order valence-corrected chi connectivity index (χ3v) is 5.14. The molecule has 1 aliphatic heterocycles. The van der Waals surface area contributed by atoms with E-state index < -0.39 is 0 Å². The molecule has 2 N–H and O–H groups in total. The number of hydrogen-bond donors (Lipinski definition) is 1. The summed E-state index contributed by atoms with van der Waals surface area (Å²) in [4.78, 5) is 14.6. The highest BCUT2D eigenvalue weighted by Crippen LogP contribution is 2.24. The van der Waals surface area contributed by atoms with Crippen LogP contribution in [0.2, 0.25) is 5.02 Å². The monoisotopic (exact) mass is 372 g/mol. The molecule has 0 bridgehead atoms. The number of hydrogen-bond acceptors (Lipinski definition) is 3. The molecule has 0 spiro atoms. The van der Waals surface area contributed by atoms with Crippen LogP contribution in [0.15, 0.2) is 48.5 Å². The Bertz CT molecular complexity index is 748. The third-order valence-electron chi connectivity index (χ3n) is 4.89. The van der Waals surface area contributed by atoms with Gasteiger partial charge in [-0.05, 0) is 61.2 Å². The maximum atomic E-state index is 12.6. The van der Waals surface area contributed by atoms with Gasteiger partial charge in [-0.25, -0.2) is 0 Å². The largest absolute Gasteiger partial charge is 0.489 e. The molecule has 4 nitrogen and oxygen atoms in total. The Morgan fingerprint density at radius 2 is 2.00 bits per heavy atom. The Balaban J connectivity index is 1.58. The molecular formula is C21H25ClN2O2. The highest BCUT2D eigenvalue weighted by Gasteiger charge is 2.31. The molecule has 2 aromatic rings. The van der Waals surface area contributed by atoms with E-state index in [1.807, 2.05) is 53.4 Å². The minimum atomic E-state index is 0.156. The van der Waals surface area contributed by atoms with Crippen LogP contribution in [0.25, 0.3) is 0 Å². The van der Waals surface area contributed by atoms with Crippen LogP contribution in [-0.4, -0.2) is 29.9 Å². The van der Waals surface area contributed by atoms with Crippen molar-refractivity contribution in [1.82, 2.24) is 4.90 Å². The third kappa shape index (κ3) is 4.77. The number of nitrogens with two attached hydrogens (primary N) is 1. The van der Waals surface area contributed by atoms with Crippen molar-refractivity contribution < 1.29 is 9.53 Å². The van der Waals surface area contributed by atoms with Gasteiger partial charge in [-0.1, -0.05) is 35.9 Å². The van der Waals surface area contributed by atoms with Gasteiger partial charge in [-0.2, -0.15) is 0 Å². The molecule has 1 aliphatic rings. The van der Waals surface area contributed by atoms with Crippen molar-refractivity contribution in [2.45, 2.75) is 32.4 Å².